The molecule has 2 unspecified atom stereocenters. The van der Waals surface area contributed by atoms with Gasteiger partial charge in [-0.05, 0) is 42.4 Å². The van der Waals surface area contributed by atoms with E-state index in [9.17, 15) is 4.39 Å². The molecular formula is C16H25FN2. The van der Waals surface area contributed by atoms with Crippen molar-refractivity contribution in [3.05, 3.63) is 30.1 Å². The van der Waals surface area contributed by atoms with Gasteiger partial charge in [-0.25, -0.2) is 4.39 Å². The van der Waals surface area contributed by atoms with E-state index in [1.807, 2.05) is 13.1 Å². The lowest BCUT2D eigenvalue weighted by atomic mass is 9.84. The summed E-state index contributed by atoms with van der Waals surface area (Å²) < 4.78 is 13.4. The van der Waals surface area contributed by atoms with E-state index in [-0.39, 0.29) is 11.4 Å². The molecule has 0 aromatic heterocycles. The van der Waals surface area contributed by atoms with E-state index < -0.39 is 0 Å². The molecule has 1 saturated carbocycles. The van der Waals surface area contributed by atoms with Crippen LogP contribution in [0.1, 0.15) is 33.6 Å². The minimum atomic E-state index is -0.193. The van der Waals surface area contributed by atoms with Gasteiger partial charge in [-0.3, -0.25) is 0 Å². The van der Waals surface area contributed by atoms with Crippen LogP contribution in [0.3, 0.4) is 0 Å². The molecule has 0 aliphatic heterocycles. The Morgan fingerprint density at radius 2 is 2.11 bits per heavy atom. The summed E-state index contributed by atoms with van der Waals surface area (Å²) in [4.78, 5) is 2.19. The van der Waals surface area contributed by atoms with E-state index in [4.69, 9.17) is 5.73 Å². The minimum absolute atomic E-state index is 0.0721. The van der Waals surface area contributed by atoms with Crippen LogP contribution in [-0.2, 0) is 0 Å². The molecule has 106 valence electrons. The molecule has 0 amide bonds. The molecule has 2 nitrogen and oxygen atoms in total. The highest BCUT2D eigenvalue weighted by Crippen LogP contribution is 2.50. The highest BCUT2D eigenvalue weighted by molar-refractivity contribution is 5.49. The standard InChI is InChI=1S/C16H25FN2/c1-12-9-15(2,3)10-16(12,11-18)19(4)14-7-5-6-13(17)8-14/h5-8,12H,9-11,18H2,1-4H3. The van der Waals surface area contributed by atoms with Gasteiger partial charge < -0.3 is 10.6 Å². The maximum atomic E-state index is 13.4. The van der Waals surface area contributed by atoms with Crippen molar-refractivity contribution in [1.82, 2.24) is 0 Å². The lowest BCUT2D eigenvalue weighted by Gasteiger charge is -2.43. The Bertz CT molecular complexity index is 458. The average Bonchev–Trinajstić information content (AvgIpc) is 2.58. The van der Waals surface area contributed by atoms with Crippen molar-refractivity contribution in [1.29, 1.82) is 0 Å². The zero-order valence-electron chi connectivity index (χ0n) is 12.4. The smallest absolute Gasteiger partial charge is 0.125 e. The zero-order valence-corrected chi connectivity index (χ0v) is 12.4. The first-order valence-electron chi connectivity index (χ1n) is 7.00. The van der Waals surface area contributed by atoms with Crippen molar-refractivity contribution in [2.24, 2.45) is 17.1 Å². The fourth-order valence-electron chi connectivity index (χ4n) is 3.90. The maximum Gasteiger partial charge on any atom is 0.125 e. The molecule has 0 saturated heterocycles. The number of hydrogen-bond donors (Lipinski definition) is 1. The van der Waals surface area contributed by atoms with Gasteiger partial charge in [-0.15, -0.1) is 0 Å². The molecule has 0 spiro atoms. The number of nitrogens with two attached hydrogens (primary N) is 1. The quantitative estimate of drug-likeness (QED) is 0.906. The summed E-state index contributed by atoms with van der Waals surface area (Å²) in [5, 5.41) is 0. The molecule has 2 N–H and O–H groups in total. The van der Waals surface area contributed by atoms with Gasteiger partial charge in [0.25, 0.3) is 0 Å². The van der Waals surface area contributed by atoms with Crippen molar-refractivity contribution < 1.29 is 4.39 Å². The first kappa shape index (κ1) is 14.3. The number of anilines is 1. The summed E-state index contributed by atoms with van der Waals surface area (Å²) >= 11 is 0. The van der Waals surface area contributed by atoms with Gasteiger partial charge in [-0.1, -0.05) is 26.8 Å². The van der Waals surface area contributed by atoms with Crippen LogP contribution in [0.4, 0.5) is 10.1 Å². The number of rotatable bonds is 3. The van der Waals surface area contributed by atoms with E-state index >= 15 is 0 Å². The Morgan fingerprint density at radius 3 is 2.58 bits per heavy atom. The van der Waals surface area contributed by atoms with Gasteiger partial charge in [0.05, 0.1) is 5.54 Å². The summed E-state index contributed by atoms with van der Waals surface area (Å²) in [7, 11) is 2.04. The predicted molar refractivity (Wildman–Crippen MR) is 78.8 cm³/mol. The Balaban J connectivity index is 2.37. The molecule has 1 aromatic carbocycles. The van der Waals surface area contributed by atoms with Crippen LogP contribution in [0.15, 0.2) is 24.3 Å². The Hall–Kier alpha value is -1.09. The average molecular weight is 264 g/mol. The van der Waals surface area contributed by atoms with E-state index in [1.165, 1.54) is 6.07 Å². The van der Waals surface area contributed by atoms with Crippen LogP contribution in [0.5, 0.6) is 0 Å². The fraction of sp³-hybridized carbons (Fsp3) is 0.625. The second-order valence-corrected chi connectivity index (χ2v) is 6.79. The number of hydrogen-bond acceptors (Lipinski definition) is 2. The molecule has 0 radical (unpaired) electrons. The van der Waals surface area contributed by atoms with Crippen molar-refractivity contribution >= 4 is 5.69 Å². The summed E-state index contributed by atoms with van der Waals surface area (Å²) in [5.74, 6) is 0.308. The third-order valence-electron chi connectivity index (χ3n) is 4.78. The van der Waals surface area contributed by atoms with E-state index in [1.54, 1.807) is 12.1 Å². The van der Waals surface area contributed by atoms with E-state index in [2.05, 4.69) is 25.7 Å². The van der Waals surface area contributed by atoms with Crippen LogP contribution in [0.2, 0.25) is 0 Å². The Morgan fingerprint density at radius 1 is 1.42 bits per heavy atom. The first-order chi connectivity index (χ1) is 8.81. The van der Waals surface area contributed by atoms with Crippen molar-refractivity contribution in [2.45, 2.75) is 39.2 Å². The van der Waals surface area contributed by atoms with Gasteiger partial charge >= 0.3 is 0 Å². The van der Waals surface area contributed by atoms with Crippen LogP contribution < -0.4 is 10.6 Å². The lowest BCUT2D eigenvalue weighted by molar-refractivity contribution is 0.316. The summed E-state index contributed by atoms with van der Waals surface area (Å²) in [5.41, 5.74) is 7.25. The maximum absolute atomic E-state index is 13.4. The second-order valence-electron chi connectivity index (χ2n) is 6.79. The highest BCUT2D eigenvalue weighted by atomic mass is 19.1. The third-order valence-corrected chi connectivity index (χ3v) is 4.78. The van der Waals surface area contributed by atoms with Gasteiger partial charge in [0.2, 0.25) is 0 Å². The first-order valence-corrected chi connectivity index (χ1v) is 7.00. The molecular weight excluding hydrogens is 239 g/mol. The Labute approximate surface area is 115 Å². The van der Waals surface area contributed by atoms with Crippen LogP contribution >= 0.6 is 0 Å². The molecule has 1 aliphatic carbocycles. The fourth-order valence-corrected chi connectivity index (χ4v) is 3.90. The molecule has 0 heterocycles. The molecule has 1 aromatic rings. The van der Waals surface area contributed by atoms with Crippen molar-refractivity contribution in [3.8, 4) is 0 Å². The number of halogens is 1. The van der Waals surface area contributed by atoms with Gasteiger partial charge in [0.15, 0.2) is 0 Å². The second kappa shape index (κ2) is 4.78. The highest BCUT2D eigenvalue weighted by Gasteiger charge is 2.50. The summed E-state index contributed by atoms with van der Waals surface area (Å²) in [6, 6.07) is 6.79. The SMILES string of the molecule is CC1CC(C)(C)CC1(CN)N(C)c1cccc(F)c1. The lowest BCUT2D eigenvalue weighted by Crippen LogP contribution is -2.54. The number of benzene rings is 1. The molecule has 0 bridgehead atoms. The summed E-state index contributed by atoms with van der Waals surface area (Å²) in [6.07, 6.45) is 2.20. The normalized spacial score (nSPS) is 29.5. The molecule has 1 fully saturated rings. The van der Waals surface area contributed by atoms with E-state index in [0.717, 1.165) is 18.5 Å². The number of nitrogens with zero attached hydrogens (tertiary/aromatic N) is 1. The predicted octanol–water partition coefficient (Wildman–Crippen LogP) is 3.42. The molecule has 1 aliphatic rings. The Kier molecular flexibility index (Phi) is 3.61. The molecule has 19 heavy (non-hydrogen) atoms. The van der Waals surface area contributed by atoms with E-state index in [0.29, 0.717) is 17.9 Å². The van der Waals surface area contributed by atoms with Gasteiger partial charge in [0, 0.05) is 19.3 Å². The van der Waals surface area contributed by atoms with Crippen molar-refractivity contribution in [3.63, 3.8) is 0 Å². The number of likely N-dealkylation sites (N-methyl/N-ethyl adjacent to an activating group) is 1. The van der Waals surface area contributed by atoms with Crippen LogP contribution in [-0.4, -0.2) is 19.1 Å². The summed E-state index contributed by atoms with van der Waals surface area (Å²) in [6.45, 7) is 7.45. The van der Waals surface area contributed by atoms with Crippen molar-refractivity contribution in [2.75, 3.05) is 18.5 Å². The topological polar surface area (TPSA) is 29.3 Å². The largest absolute Gasteiger partial charge is 0.367 e. The monoisotopic (exact) mass is 264 g/mol. The third kappa shape index (κ3) is 2.48. The molecule has 2 atom stereocenters. The van der Waals surface area contributed by atoms with Gasteiger partial charge in [0.1, 0.15) is 5.82 Å². The molecule has 3 heteroatoms. The van der Waals surface area contributed by atoms with Crippen LogP contribution in [0, 0.1) is 17.2 Å². The van der Waals surface area contributed by atoms with Gasteiger partial charge in [-0.2, -0.15) is 0 Å². The van der Waals surface area contributed by atoms with Crippen LogP contribution in [0.25, 0.3) is 0 Å². The molecule has 2 rings (SSSR count). The minimum Gasteiger partial charge on any atom is -0.367 e. The zero-order chi connectivity index (χ0) is 14.3.